The molecule has 0 heterocycles. The Morgan fingerprint density at radius 3 is 2.62 bits per heavy atom. The molecule has 0 N–H and O–H groups in total. The van der Waals surface area contributed by atoms with E-state index in [2.05, 4.69) is 18.7 Å². The first-order valence-electron chi connectivity index (χ1n) is 3.22. The van der Waals surface area contributed by atoms with Gasteiger partial charge in [-0.2, -0.15) is 0 Å². The van der Waals surface area contributed by atoms with Gasteiger partial charge in [-0.05, 0) is 24.7 Å². The highest BCUT2D eigenvalue weighted by molar-refractivity contribution is 5.24. The summed E-state index contributed by atoms with van der Waals surface area (Å²) in [4.78, 5) is 0. The van der Waals surface area contributed by atoms with E-state index in [0.717, 1.165) is 11.8 Å². The predicted molar refractivity (Wildman–Crippen MR) is 34.5 cm³/mol. The molecular formula is C8H10. The van der Waals surface area contributed by atoms with Gasteiger partial charge < -0.3 is 0 Å². The van der Waals surface area contributed by atoms with Gasteiger partial charge in [0.25, 0.3) is 0 Å². The number of fused-ring (bicyclic) bond motifs is 2. The van der Waals surface area contributed by atoms with Crippen molar-refractivity contribution in [2.75, 3.05) is 0 Å². The summed E-state index contributed by atoms with van der Waals surface area (Å²) in [6.07, 6.45) is 7.26. The fraction of sp³-hybridized carbons (Fsp3) is 0.500. The molecule has 42 valence electrons. The summed E-state index contributed by atoms with van der Waals surface area (Å²) < 4.78 is 0. The Morgan fingerprint density at radius 1 is 1.50 bits per heavy atom. The largest absolute Gasteiger partial charge is 0.0992 e. The molecule has 0 spiro atoms. The van der Waals surface area contributed by atoms with Crippen molar-refractivity contribution in [3.63, 3.8) is 0 Å². The maximum absolute atomic E-state index is 3.99. The van der Waals surface area contributed by atoms with Gasteiger partial charge in [0.05, 0.1) is 0 Å². The van der Waals surface area contributed by atoms with Crippen LogP contribution in [0.2, 0.25) is 0 Å². The summed E-state index contributed by atoms with van der Waals surface area (Å²) in [5.41, 5.74) is 1.46. The Balaban J connectivity index is 2.35. The van der Waals surface area contributed by atoms with Crippen molar-refractivity contribution in [2.24, 2.45) is 11.8 Å². The van der Waals surface area contributed by atoms with Crippen molar-refractivity contribution < 1.29 is 0 Å². The van der Waals surface area contributed by atoms with Crippen LogP contribution in [0, 0.1) is 11.8 Å². The van der Waals surface area contributed by atoms with Crippen molar-refractivity contribution >= 4 is 0 Å². The van der Waals surface area contributed by atoms with Gasteiger partial charge in [-0.25, -0.2) is 0 Å². The molecule has 0 aliphatic heterocycles. The van der Waals surface area contributed by atoms with Crippen molar-refractivity contribution in [1.29, 1.82) is 0 Å². The van der Waals surface area contributed by atoms with Crippen LogP contribution in [-0.4, -0.2) is 0 Å². The SMILES string of the molecule is C=C1CC2C=C[C@H]1C2. The topological polar surface area (TPSA) is 0 Å². The van der Waals surface area contributed by atoms with Gasteiger partial charge in [0.1, 0.15) is 0 Å². The third kappa shape index (κ3) is 0.405. The van der Waals surface area contributed by atoms with Crippen molar-refractivity contribution in [3.8, 4) is 0 Å². The van der Waals surface area contributed by atoms with Crippen LogP contribution in [0.5, 0.6) is 0 Å². The average molecular weight is 106 g/mol. The lowest BCUT2D eigenvalue weighted by molar-refractivity contribution is 0.693. The Labute approximate surface area is 49.9 Å². The highest BCUT2D eigenvalue weighted by Gasteiger charge is 2.28. The Kier molecular flexibility index (Phi) is 0.682. The second-order valence-corrected chi connectivity index (χ2v) is 2.85. The summed E-state index contributed by atoms with van der Waals surface area (Å²) in [7, 11) is 0. The predicted octanol–water partition coefficient (Wildman–Crippen LogP) is 2.14. The van der Waals surface area contributed by atoms with E-state index in [9.17, 15) is 0 Å². The van der Waals surface area contributed by atoms with E-state index >= 15 is 0 Å². The van der Waals surface area contributed by atoms with Gasteiger partial charge in [-0.3, -0.25) is 0 Å². The maximum atomic E-state index is 3.99. The quantitative estimate of drug-likeness (QED) is 0.415. The minimum Gasteiger partial charge on any atom is -0.0992 e. The monoisotopic (exact) mass is 106 g/mol. The summed E-state index contributed by atoms with van der Waals surface area (Å²) in [6.45, 7) is 3.99. The first-order valence-corrected chi connectivity index (χ1v) is 3.22. The first kappa shape index (κ1) is 4.37. The molecule has 0 heteroatoms. The fourth-order valence-electron chi connectivity index (χ4n) is 1.72. The van der Waals surface area contributed by atoms with Gasteiger partial charge in [-0.1, -0.05) is 24.3 Å². The molecule has 2 bridgehead atoms. The van der Waals surface area contributed by atoms with E-state index in [1.165, 1.54) is 18.4 Å². The zero-order valence-corrected chi connectivity index (χ0v) is 4.93. The zero-order chi connectivity index (χ0) is 5.56. The summed E-state index contributed by atoms with van der Waals surface area (Å²) in [5, 5.41) is 0. The van der Waals surface area contributed by atoms with Crippen molar-refractivity contribution in [1.82, 2.24) is 0 Å². The van der Waals surface area contributed by atoms with Crippen LogP contribution in [0.3, 0.4) is 0 Å². The van der Waals surface area contributed by atoms with Crippen LogP contribution in [-0.2, 0) is 0 Å². The lowest BCUT2D eigenvalue weighted by Crippen LogP contribution is -1.88. The van der Waals surface area contributed by atoms with Crippen molar-refractivity contribution in [3.05, 3.63) is 24.3 Å². The molecule has 1 saturated carbocycles. The molecule has 0 aromatic rings. The zero-order valence-electron chi connectivity index (χ0n) is 4.93. The standard InChI is InChI=1S/C8H10/c1-6-4-7-2-3-8(6)5-7/h2-3,7-8H,1,4-5H2/t7?,8-/m0/s1. The number of hydrogen-bond acceptors (Lipinski definition) is 0. The smallest absolute Gasteiger partial charge is 0.00199 e. The molecular weight excluding hydrogens is 96.1 g/mol. The molecule has 2 rings (SSSR count). The van der Waals surface area contributed by atoms with E-state index in [1.807, 2.05) is 0 Å². The third-order valence-corrected chi connectivity index (χ3v) is 2.22. The van der Waals surface area contributed by atoms with Gasteiger partial charge in [0, 0.05) is 0 Å². The molecule has 2 aliphatic carbocycles. The van der Waals surface area contributed by atoms with Crippen LogP contribution >= 0.6 is 0 Å². The maximum Gasteiger partial charge on any atom is -0.00199 e. The Bertz CT molecular complexity index is 153. The summed E-state index contributed by atoms with van der Waals surface area (Å²) in [5.74, 6) is 1.63. The minimum atomic E-state index is 0.764. The van der Waals surface area contributed by atoms with E-state index < -0.39 is 0 Å². The first-order chi connectivity index (χ1) is 3.86. The Hall–Kier alpha value is -0.520. The highest BCUT2D eigenvalue weighted by atomic mass is 14.3. The molecule has 0 saturated heterocycles. The highest BCUT2D eigenvalue weighted by Crippen LogP contribution is 2.41. The second-order valence-electron chi connectivity index (χ2n) is 2.85. The van der Waals surface area contributed by atoms with Gasteiger partial charge >= 0.3 is 0 Å². The van der Waals surface area contributed by atoms with E-state index in [4.69, 9.17) is 0 Å². The molecule has 0 nitrogen and oxygen atoms in total. The van der Waals surface area contributed by atoms with Crippen LogP contribution in [0.25, 0.3) is 0 Å². The molecule has 0 aromatic heterocycles. The van der Waals surface area contributed by atoms with Gasteiger partial charge in [0.2, 0.25) is 0 Å². The number of hydrogen-bond donors (Lipinski definition) is 0. The second kappa shape index (κ2) is 1.25. The van der Waals surface area contributed by atoms with E-state index in [1.54, 1.807) is 0 Å². The van der Waals surface area contributed by atoms with Gasteiger partial charge in [0.15, 0.2) is 0 Å². The third-order valence-electron chi connectivity index (χ3n) is 2.22. The molecule has 2 atom stereocenters. The molecule has 0 amide bonds. The number of allylic oxidation sites excluding steroid dienone is 3. The van der Waals surface area contributed by atoms with Crippen LogP contribution < -0.4 is 0 Å². The van der Waals surface area contributed by atoms with Crippen LogP contribution in [0.1, 0.15) is 12.8 Å². The Morgan fingerprint density at radius 2 is 2.38 bits per heavy atom. The lowest BCUT2D eigenvalue weighted by Gasteiger charge is -2.02. The minimum absolute atomic E-state index is 0.764. The normalized spacial score (nSPS) is 41.8. The molecule has 2 aliphatic rings. The summed E-state index contributed by atoms with van der Waals surface area (Å²) >= 11 is 0. The molecule has 0 radical (unpaired) electrons. The molecule has 1 unspecified atom stereocenters. The van der Waals surface area contributed by atoms with Crippen LogP contribution in [0.15, 0.2) is 24.3 Å². The van der Waals surface area contributed by atoms with E-state index in [-0.39, 0.29) is 0 Å². The van der Waals surface area contributed by atoms with Gasteiger partial charge in [-0.15, -0.1) is 0 Å². The van der Waals surface area contributed by atoms with E-state index in [0.29, 0.717) is 0 Å². The van der Waals surface area contributed by atoms with Crippen LogP contribution in [0.4, 0.5) is 0 Å². The summed E-state index contributed by atoms with van der Waals surface area (Å²) in [6, 6.07) is 0. The van der Waals surface area contributed by atoms with Crippen molar-refractivity contribution in [2.45, 2.75) is 12.8 Å². The fourth-order valence-corrected chi connectivity index (χ4v) is 1.72. The average Bonchev–Trinajstić information content (AvgIpc) is 2.23. The lowest BCUT2D eigenvalue weighted by atomic mass is 10.0. The number of rotatable bonds is 0. The molecule has 1 fully saturated rings. The molecule has 8 heavy (non-hydrogen) atoms. The molecule has 0 aromatic carbocycles.